The van der Waals surface area contributed by atoms with Gasteiger partial charge < -0.3 is 9.47 Å². The van der Waals surface area contributed by atoms with Crippen molar-refractivity contribution in [1.82, 2.24) is 0 Å². The van der Waals surface area contributed by atoms with Crippen molar-refractivity contribution in [3.63, 3.8) is 0 Å². The highest BCUT2D eigenvalue weighted by molar-refractivity contribution is 5.90. The average Bonchev–Trinajstić information content (AvgIpc) is 3.05. The van der Waals surface area contributed by atoms with Crippen LogP contribution in [0.15, 0.2) is 36.0 Å². The molecule has 0 heterocycles. The molecule has 5 aliphatic rings. The molecule has 0 amide bonds. The Bertz CT molecular complexity index is 670. The molecular weight excluding hydrogens is 316 g/mol. The molecule has 2 unspecified atom stereocenters. The Morgan fingerprint density at radius 1 is 1.24 bits per heavy atom. The predicted molar refractivity (Wildman–Crippen MR) is 93.6 cm³/mol. The summed E-state index contributed by atoms with van der Waals surface area (Å²) in [5, 5.41) is 0. The smallest absolute Gasteiger partial charge is 0.334 e. The molecule has 4 nitrogen and oxygen atoms in total. The Morgan fingerprint density at radius 3 is 2.56 bits per heavy atom. The Morgan fingerprint density at radius 2 is 1.96 bits per heavy atom. The van der Waals surface area contributed by atoms with Gasteiger partial charge in [0.15, 0.2) is 0 Å². The maximum Gasteiger partial charge on any atom is 0.334 e. The quantitative estimate of drug-likeness (QED) is 0.562. The van der Waals surface area contributed by atoms with Crippen molar-refractivity contribution < 1.29 is 19.1 Å². The van der Waals surface area contributed by atoms with Crippen molar-refractivity contribution in [2.75, 3.05) is 6.61 Å². The number of esters is 2. The van der Waals surface area contributed by atoms with Gasteiger partial charge in [0.05, 0.1) is 6.61 Å². The van der Waals surface area contributed by atoms with Gasteiger partial charge in [0.25, 0.3) is 0 Å². The molecule has 0 saturated heterocycles. The summed E-state index contributed by atoms with van der Waals surface area (Å²) >= 11 is 0. The van der Waals surface area contributed by atoms with E-state index in [0.29, 0.717) is 30.4 Å². The van der Waals surface area contributed by atoms with E-state index in [0.717, 1.165) is 37.7 Å². The van der Waals surface area contributed by atoms with Crippen LogP contribution in [-0.4, -0.2) is 24.1 Å². The van der Waals surface area contributed by atoms with E-state index in [1.54, 1.807) is 6.92 Å². The molecule has 4 fully saturated rings. The second kappa shape index (κ2) is 5.86. The molecule has 25 heavy (non-hydrogen) atoms. The van der Waals surface area contributed by atoms with Crippen LogP contribution in [-0.2, 0) is 19.1 Å². The summed E-state index contributed by atoms with van der Waals surface area (Å²) in [7, 11) is 0. The van der Waals surface area contributed by atoms with Gasteiger partial charge >= 0.3 is 11.9 Å². The monoisotopic (exact) mass is 342 g/mol. The minimum absolute atomic E-state index is 0.0261. The first kappa shape index (κ1) is 16.6. The molecule has 0 aromatic carbocycles. The first-order chi connectivity index (χ1) is 11.9. The summed E-state index contributed by atoms with van der Waals surface area (Å²) in [6, 6.07) is 0. The lowest BCUT2D eigenvalue weighted by atomic mass is 9.48. The third-order valence-corrected chi connectivity index (χ3v) is 6.33. The lowest BCUT2D eigenvalue weighted by Crippen LogP contribution is -2.58. The predicted octanol–water partition coefficient (Wildman–Crippen LogP) is 3.87. The minimum atomic E-state index is -0.374. The van der Waals surface area contributed by atoms with Gasteiger partial charge in [0.2, 0.25) is 0 Å². The molecule has 4 heteroatoms. The van der Waals surface area contributed by atoms with Crippen LogP contribution in [0.3, 0.4) is 0 Å². The maximum atomic E-state index is 12.3. The van der Waals surface area contributed by atoms with E-state index in [9.17, 15) is 9.59 Å². The Labute approximate surface area is 148 Å². The summed E-state index contributed by atoms with van der Waals surface area (Å²) in [6.45, 7) is 5.86. The van der Waals surface area contributed by atoms with E-state index in [2.05, 4.69) is 6.58 Å². The molecule has 4 bridgehead atoms. The van der Waals surface area contributed by atoms with Crippen molar-refractivity contribution >= 4 is 11.9 Å². The minimum Gasteiger partial charge on any atom is -0.462 e. The van der Waals surface area contributed by atoms with Crippen molar-refractivity contribution in [3.8, 4) is 0 Å². The lowest BCUT2D eigenvalue weighted by Gasteiger charge is -2.60. The fourth-order valence-electron chi connectivity index (χ4n) is 5.85. The van der Waals surface area contributed by atoms with Gasteiger partial charge in [-0.2, -0.15) is 0 Å². The van der Waals surface area contributed by atoms with E-state index in [-0.39, 0.29) is 23.0 Å². The summed E-state index contributed by atoms with van der Waals surface area (Å²) in [5.41, 5.74) is 0.785. The van der Waals surface area contributed by atoms with Gasteiger partial charge in [0.1, 0.15) is 5.60 Å². The van der Waals surface area contributed by atoms with Crippen LogP contribution in [0.5, 0.6) is 0 Å². The van der Waals surface area contributed by atoms with Gasteiger partial charge in [-0.3, -0.25) is 0 Å². The first-order valence-corrected chi connectivity index (χ1v) is 9.30. The number of carbonyl (C=O) groups is 2. The molecule has 2 atom stereocenters. The molecule has 134 valence electrons. The summed E-state index contributed by atoms with van der Waals surface area (Å²) in [5.74, 6) is 0.667. The summed E-state index contributed by atoms with van der Waals surface area (Å²) in [6.07, 6.45) is 12.5. The zero-order valence-corrected chi connectivity index (χ0v) is 14.9. The largest absolute Gasteiger partial charge is 0.462 e. The van der Waals surface area contributed by atoms with Crippen LogP contribution in [0.2, 0.25) is 0 Å². The van der Waals surface area contributed by atoms with E-state index in [1.807, 2.05) is 18.2 Å². The Kier molecular flexibility index (Phi) is 3.89. The Hall–Kier alpha value is -1.84. The number of rotatable bonds is 5. The normalized spacial score (nSPS) is 37.7. The second-order valence-corrected chi connectivity index (χ2v) is 8.71. The SMILES string of the molecule is C=C(C)C(=O)OC12CC3CC(CC(COC(=O)C4=CC=CC4)(C3)C1)C2. The maximum absolute atomic E-state index is 12.3. The van der Waals surface area contributed by atoms with Crippen LogP contribution >= 0.6 is 0 Å². The van der Waals surface area contributed by atoms with Crippen LogP contribution in [0.1, 0.15) is 51.9 Å². The number of hydrogen-bond acceptors (Lipinski definition) is 4. The molecule has 0 radical (unpaired) electrons. The topological polar surface area (TPSA) is 52.6 Å². The van der Waals surface area contributed by atoms with Crippen LogP contribution in [0.4, 0.5) is 0 Å². The third kappa shape index (κ3) is 3.07. The van der Waals surface area contributed by atoms with Gasteiger partial charge in [-0.1, -0.05) is 24.8 Å². The lowest BCUT2D eigenvalue weighted by molar-refractivity contribution is -0.207. The van der Waals surface area contributed by atoms with Gasteiger partial charge in [-0.05, 0) is 63.7 Å². The molecule has 5 rings (SSSR count). The molecular formula is C21H26O4. The second-order valence-electron chi connectivity index (χ2n) is 8.71. The standard InChI is InChI=1S/C21H26O4/c1-14(2)18(22)25-21-10-15-7-16(11-21)9-20(8-15,12-21)13-24-19(23)17-5-3-4-6-17/h3-5,15-16H,1,6-13H2,2H3. The van der Waals surface area contributed by atoms with Crippen LogP contribution in [0, 0.1) is 17.3 Å². The van der Waals surface area contributed by atoms with Crippen molar-refractivity contribution in [3.05, 3.63) is 36.0 Å². The number of ether oxygens (including phenoxy) is 2. The third-order valence-electron chi connectivity index (χ3n) is 6.33. The fraction of sp³-hybridized carbons (Fsp3) is 0.619. The fourth-order valence-corrected chi connectivity index (χ4v) is 5.85. The van der Waals surface area contributed by atoms with Crippen molar-refractivity contribution in [2.45, 2.75) is 57.5 Å². The number of hydrogen-bond donors (Lipinski definition) is 0. The van der Waals surface area contributed by atoms with Gasteiger partial charge in [-0.25, -0.2) is 9.59 Å². The van der Waals surface area contributed by atoms with Crippen LogP contribution in [0.25, 0.3) is 0 Å². The number of allylic oxidation sites excluding steroid dienone is 3. The zero-order valence-electron chi connectivity index (χ0n) is 14.9. The zero-order chi connectivity index (χ0) is 17.7. The molecule has 0 aliphatic heterocycles. The van der Waals surface area contributed by atoms with Gasteiger partial charge in [-0.15, -0.1) is 0 Å². The molecule has 5 aliphatic carbocycles. The van der Waals surface area contributed by atoms with E-state index in [1.165, 1.54) is 6.42 Å². The van der Waals surface area contributed by atoms with Crippen molar-refractivity contribution in [2.24, 2.45) is 17.3 Å². The molecule has 0 N–H and O–H groups in total. The van der Waals surface area contributed by atoms with Gasteiger partial charge in [0, 0.05) is 16.6 Å². The average molecular weight is 342 g/mol. The highest BCUT2D eigenvalue weighted by atomic mass is 16.6. The first-order valence-electron chi connectivity index (χ1n) is 9.30. The Balaban J connectivity index is 1.47. The molecule has 0 aromatic heterocycles. The molecule has 0 spiro atoms. The highest BCUT2D eigenvalue weighted by Crippen LogP contribution is 2.63. The van der Waals surface area contributed by atoms with Crippen LogP contribution < -0.4 is 0 Å². The van der Waals surface area contributed by atoms with E-state index >= 15 is 0 Å². The highest BCUT2D eigenvalue weighted by Gasteiger charge is 2.60. The van der Waals surface area contributed by atoms with Crippen molar-refractivity contribution in [1.29, 1.82) is 0 Å². The van der Waals surface area contributed by atoms with E-state index < -0.39 is 0 Å². The molecule has 4 saturated carbocycles. The summed E-state index contributed by atoms with van der Waals surface area (Å²) < 4.78 is 11.6. The number of carbonyl (C=O) groups excluding carboxylic acids is 2. The molecule has 0 aromatic rings. The van der Waals surface area contributed by atoms with E-state index in [4.69, 9.17) is 9.47 Å². The summed E-state index contributed by atoms with van der Waals surface area (Å²) in [4.78, 5) is 24.4.